The Labute approximate surface area is 178 Å². The average Bonchev–Trinajstić information content (AvgIpc) is 3.14. The Balaban J connectivity index is 1.30. The highest BCUT2D eigenvalue weighted by Crippen LogP contribution is 2.24. The number of benzene rings is 1. The normalized spacial score (nSPS) is 19.4. The highest BCUT2D eigenvalue weighted by atomic mass is 19.1. The number of hydrogen-bond acceptors (Lipinski definition) is 4. The van der Waals surface area contributed by atoms with Gasteiger partial charge in [-0.25, -0.2) is 4.39 Å². The quantitative estimate of drug-likeness (QED) is 0.755. The van der Waals surface area contributed by atoms with Crippen LogP contribution in [0.15, 0.2) is 30.5 Å². The van der Waals surface area contributed by atoms with E-state index in [2.05, 4.69) is 21.9 Å². The van der Waals surface area contributed by atoms with Gasteiger partial charge in [0, 0.05) is 57.4 Å². The van der Waals surface area contributed by atoms with Crippen LogP contribution in [0, 0.1) is 5.82 Å². The molecule has 0 N–H and O–H groups in total. The van der Waals surface area contributed by atoms with Crippen molar-refractivity contribution >= 4 is 5.91 Å². The number of halogens is 1. The molecule has 0 spiro atoms. The SMILES string of the molecule is CN1CCC(N2CCN(C(=O)CCc3cn(C)nc3-c3ccc(F)cc3)CC2)CC1. The number of piperidine rings is 1. The number of nitrogens with zero attached hydrogens (tertiary/aromatic N) is 5. The van der Waals surface area contributed by atoms with Crippen molar-refractivity contribution < 1.29 is 9.18 Å². The van der Waals surface area contributed by atoms with E-state index in [0.29, 0.717) is 18.9 Å². The Morgan fingerprint density at radius 2 is 1.70 bits per heavy atom. The lowest BCUT2D eigenvalue weighted by Crippen LogP contribution is -2.54. The maximum absolute atomic E-state index is 13.3. The molecule has 2 aliphatic heterocycles. The van der Waals surface area contributed by atoms with E-state index in [4.69, 9.17) is 0 Å². The summed E-state index contributed by atoms with van der Waals surface area (Å²) in [7, 11) is 4.07. The number of hydrogen-bond donors (Lipinski definition) is 0. The molecule has 0 aliphatic carbocycles. The average molecular weight is 414 g/mol. The van der Waals surface area contributed by atoms with Crippen molar-refractivity contribution in [1.82, 2.24) is 24.5 Å². The third-order valence-corrected chi connectivity index (χ3v) is 6.50. The van der Waals surface area contributed by atoms with Gasteiger partial charge >= 0.3 is 0 Å². The third kappa shape index (κ3) is 4.90. The highest BCUT2D eigenvalue weighted by molar-refractivity contribution is 5.77. The first-order chi connectivity index (χ1) is 14.5. The molecule has 2 aliphatic rings. The summed E-state index contributed by atoms with van der Waals surface area (Å²) in [6.45, 7) is 5.95. The lowest BCUT2D eigenvalue weighted by Gasteiger charge is -2.42. The topological polar surface area (TPSA) is 44.6 Å². The molecule has 0 radical (unpaired) electrons. The molecular weight excluding hydrogens is 381 g/mol. The van der Waals surface area contributed by atoms with Gasteiger partial charge in [-0.3, -0.25) is 14.4 Å². The Bertz CT molecular complexity index is 849. The Morgan fingerprint density at radius 3 is 2.37 bits per heavy atom. The summed E-state index contributed by atoms with van der Waals surface area (Å²) in [5.41, 5.74) is 2.74. The molecule has 1 amide bonds. The fourth-order valence-electron chi connectivity index (χ4n) is 4.67. The fraction of sp³-hybridized carbons (Fsp3) is 0.565. The van der Waals surface area contributed by atoms with E-state index < -0.39 is 0 Å². The molecular formula is C23H32FN5O. The number of amides is 1. The largest absolute Gasteiger partial charge is 0.340 e. The van der Waals surface area contributed by atoms with Crippen LogP contribution in [0.3, 0.4) is 0 Å². The zero-order valence-corrected chi connectivity index (χ0v) is 18.1. The third-order valence-electron chi connectivity index (χ3n) is 6.50. The van der Waals surface area contributed by atoms with Crippen molar-refractivity contribution in [3.63, 3.8) is 0 Å². The van der Waals surface area contributed by atoms with Crippen LogP contribution in [0.25, 0.3) is 11.3 Å². The molecule has 1 aromatic carbocycles. The van der Waals surface area contributed by atoms with E-state index in [1.54, 1.807) is 16.8 Å². The maximum Gasteiger partial charge on any atom is 0.222 e. The first-order valence-corrected chi connectivity index (χ1v) is 11.0. The number of carbonyl (C=O) groups is 1. The minimum absolute atomic E-state index is 0.215. The van der Waals surface area contributed by atoms with Crippen LogP contribution in [0.4, 0.5) is 4.39 Å². The van der Waals surface area contributed by atoms with Crippen molar-refractivity contribution in [3.05, 3.63) is 41.8 Å². The van der Waals surface area contributed by atoms with Crippen LogP contribution in [0.1, 0.15) is 24.8 Å². The number of aryl methyl sites for hydroxylation is 2. The van der Waals surface area contributed by atoms with Crippen LogP contribution in [-0.2, 0) is 18.3 Å². The maximum atomic E-state index is 13.3. The number of aromatic nitrogens is 2. The van der Waals surface area contributed by atoms with E-state index in [1.165, 1.54) is 38.1 Å². The van der Waals surface area contributed by atoms with E-state index >= 15 is 0 Å². The van der Waals surface area contributed by atoms with Gasteiger partial charge in [0.15, 0.2) is 0 Å². The summed E-state index contributed by atoms with van der Waals surface area (Å²) in [4.78, 5) is 19.8. The smallest absolute Gasteiger partial charge is 0.222 e. The summed E-state index contributed by atoms with van der Waals surface area (Å²) in [6, 6.07) is 7.05. The van der Waals surface area contributed by atoms with E-state index in [1.807, 2.05) is 18.1 Å². The lowest BCUT2D eigenvalue weighted by atomic mass is 10.0. The van der Waals surface area contributed by atoms with Crippen LogP contribution >= 0.6 is 0 Å². The zero-order chi connectivity index (χ0) is 21.1. The van der Waals surface area contributed by atoms with Gasteiger partial charge in [-0.05, 0) is 69.2 Å². The van der Waals surface area contributed by atoms with Gasteiger partial charge < -0.3 is 9.80 Å². The van der Waals surface area contributed by atoms with Crippen LogP contribution < -0.4 is 0 Å². The molecule has 162 valence electrons. The number of rotatable bonds is 5. The van der Waals surface area contributed by atoms with Crippen molar-refractivity contribution in [3.8, 4) is 11.3 Å². The van der Waals surface area contributed by atoms with Gasteiger partial charge in [0.1, 0.15) is 5.82 Å². The number of piperazine rings is 1. The molecule has 2 saturated heterocycles. The van der Waals surface area contributed by atoms with E-state index in [0.717, 1.165) is 43.0 Å². The monoisotopic (exact) mass is 413 g/mol. The van der Waals surface area contributed by atoms with Gasteiger partial charge in [0.2, 0.25) is 5.91 Å². The molecule has 2 aromatic rings. The van der Waals surface area contributed by atoms with Crippen molar-refractivity contribution in [2.24, 2.45) is 7.05 Å². The first-order valence-electron chi connectivity index (χ1n) is 11.0. The Hall–Kier alpha value is -2.25. The lowest BCUT2D eigenvalue weighted by molar-refractivity contribution is -0.133. The highest BCUT2D eigenvalue weighted by Gasteiger charge is 2.28. The van der Waals surface area contributed by atoms with E-state index in [-0.39, 0.29) is 11.7 Å². The minimum atomic E-state index is -0.259. The summed E-state index contributed by atoms with van der Waals surface area (Å²) in [5.74, 6) is -0.0438. The first kappa shape index (κ1) is 21.0. The molecule has 4 rings (SSSR count). The van der Waals surface area contributed by atoms with Crippen molar-refractivity contribution in [2.45, 2.75) is 31.7 Å². The van der Waals surface area contributed by atoms with Gasteiger partial charge in [-0.2, -0.15) is 5.10 Å². The van der Waals surface area contributed by atoms with Gasteiger partial charge in [-0.1, -0.05) is 0 Å². The molecule has 2 fully saturated rings. The summed E-state index contributed by atoms with van der Waals surface area (Å²) in [5, 5.41) is 4.53. The Morgan fingerprint density at radius 1 is 1.03 bits per heavy atom. The van der Waals surface area contributed by atoms with Gasteiger partial charge in [0.05, 0.1) is 5.69 Å². The second-order valence-electron chi connectivity index (χ2n) is 8.63. The molecule has 7 heteroatoms. The molecule has 6 nitrogen and oxygen atoms in total. The summed E-state index contributed by atoms with van der Waals surface area (Å²) < 4.78 is 15.0. The molecule has 0 unspecified atom stereocenters. The molecule has 1 aromatic heterocycles. The van der Waals surface area contributed by atoms with E-state index in [9.17, 15) is 9.18 Å². The summed E-state index contributed by atoms with van der Waals surface area (Å²) >= 11 is 0. The summed E-state index contributed by atoms with van der Waals surface area (Å²) in [6.07, 6.45) is 5.56. The minimum Gasteiger partial charge on any atom is -0.340 e. The molecule has 0 saturated carbocycles. The van der Waals surface area contributed by atoms with Gasteiger partial charge in [0.25, 0.3) is 0 Å². The zero-order valence-electron chi connectivity index (χ0n) is 18.1. The van der Waals surface area contributed by atoms with Crippen LogP contribution in [-0.4, -0.2) is 82.7 Å². The second kappa shape index (κ2) is 9.27. The second-order valence-corrected chi connectivity index (χ2v) is 8.63. The van der Waals surface area contributed by atoms with Gasteiger partial charge in [-0.15, -0.1) is 0 Å². The molecule has 0 atom stereocenters. The predicted molar refractivity (Wildman–Crippen MR) is 116 cm³/mol. The molecule has 3 heterocycles. The van der Waals surface area contributed by atoms with Crippen molar-refractivity contribution in [2.75, 3.05) is 46.3 Å². The fourth-order valence-corrected chi connectivity index (χ4v) is 4.67. The standard InChI is InChI=1S/C23H32FN5O/c1-26-11-9-21(10-12-26)28-13-15-29(16-14-28)22(30)8-5-19-17-27(2)25-23(19)18-3-6-20(24)7-4-18/h3-4,6-7,17,21H,5,8-16H2,1-2H3. The molecule has 0 bridgehead atoms. The van der Waals surface area contributed by atoms with Crippen molar-refractivity contribution in [1.29, 1.82) is 0 Å². The number of likely N-dealkylation sites (tertiary alicyclic amines) is 1. The predicted octanol–water partition coefficient (Wildman–Crippen LogP) is 2.40. The Kier molecular flexibility index (Phi) is 6.49. The van der Waals surface area contributed by atoms with Crippen LogP contribution in [0.2, 0.25) is 0 Å². The number of carbonyl (C=O) groups excluding carboxylic acids is 1. The van der Waals surface area contributed by atoms with Crippen LogP contribution in [0.5, 0.6) is 0 Å². The molecule has 30 heavy (non-hydrogen) atoms.